The van der Waals surface area contributed by atoms with Crippen LogP contribution < -0.4 is 9.47 Å². The first-order valence-electron chi connectivity index (χ1n) is 11.1. The predicted octanol–water partition coefficient (Wildman–Crippen LogP) is 3.87. The number of hydrogen-bond acceptors (Lipinski definition) is 7. The van der Waals surface area contributed by atoms with Crippen molar-refractivity contribution in [2.75, 3.05) is 28.1 Å². The van der Waals surface area contributed by atoms with E-state index < -0.39 is 17.9 Å². The van der Waals surface area contributed by atoms with Crippen LogP contribution >= 0.6 is 0 Å². The minimum atomic E-state index is -0.582. The molecule has 8 heteroatoms. The van der Waals surface area contributed by atoms with Gasteiger partial charge >= 0.3 is 5.91 Å². The number of amides is 2. The maximum absolute atomic E-state index is 13.5. The zero-order valence-corrected chi connectivity index (χ0v) is 20.3. The van der Waals surface area contributed by atoms with Gasteiger partial charge in [0.1, 0.15) is 23.2 Å². The van der Waals surface area contributed by atoms with E-state index in [-0.39, 0.29) is 12.7 Å². The Hall–Kier alpha value is -3.36. The molecule has 1 fully saturated rings. The van der Waals surface area contributed by atoms with E-state index in [1.54, 1.807) is 20.3 Å². The fourth-order valence-electron chi connectivity index (χ4n) is 3.79. The third kappa shape index (κ3) is 5.95. The Bertz CT molecular complexity index is 1000. The summed E-state index contributed by atoms with van der Waals surface area (Å²) in [5, 5.41) is 0.830. The number of ether oxygens (including phenoxy) is 3. The molecule has 0 bridgehead atoms. The zero-order valence-electron chi connectivity index (χ0n) is 20.3. The summed E-state index contributed by atoms with van der Waals surface area (Å²) in [5.41, 5.74) is 2.11. The van der Waals surface area contributed by atoms with Gasteiger partial charge in [0.2, 0.25) is 0 Å². The lowest BCUT2D eigenvalue weighted by Crippen LogP contribution is -2.58. The summed E-state index contributed by atoms with van der Waals surface area (Å²) >= 11 is 0. The molecule has 3 rings (SSSR count). The van der Waals surface area contributed by atoms with Crippen molar-refractivity contribution >= 4 is 17.9 Å². The summed E-state index contributed by atoms with van der Waals surface area (Å²) in [5.74, 6) is 0.723. The molecule has 2 amide bonds. The molecule has 1 atom stereocenters. The first-order chi connectivity index (χ1) is 16.4. The highest BCUT2D eigenvalue weighted by molar-refractivity contribution is 6.09. The molecule has 0 aliphatic carbocycles. The lowest BCUT2D eigenvalue weighted by molar-refractivity contribution is -0.226. The second-order valence-electron chi connectivity index (χ2n) is 8.40. The summed E-state index contributed by atoms with van der Waals surface area (Å²) in [6.07, 6.45) is 2.32. The van der Waals surface area contributed by atoms with Gasteiger partial charge in [0.25, 0.3) is 5.91 Å². The van der Waals surface area contributed by atoms with E-state index in [0.717, 1.165) is 21.9 Å². The molecule has 34 heavy (non-hydrogen) atoms. The van der Waals surface area contributed by atoms with Crippen LogP contribution in [0.5, 0.6) is 11.5 Å². The van der Waals surface area contributed by atoms with Crippen molar-refractivity contribution in [3.05, 3.63) is 65.4 Å². The molecule has 0 aromatic heterocycles. The number of nitrogens with zero attached hydrogens (tertiary/aromatic N) is 2. The van der Waals surface area contributed by atoms with Gasteiger partial charge in [-0.1, -0.05) is 38.1 Å². The molecule has 1 aliphatic heterocycles. The minimum Gasteiger partial charge on any atom is -0.497 e. The molecule has 182 valence electrons. The van der Waals surface area contributed by atoms with Crippen molar-refractivity contribution in [1.29, 1.82) is 0 Å². The second-order valence-corrected chi connectivity index (χ2v) is 8.40. The summed E-state index contributed by atoms with van der Waals surface area (Å²) in [7, 11) is 4.65. The van der Waals surface area contributed by atoms with Crippen molar-refractivity contribution in [2.45, 2.75) is 32.9 Å². The number of rotatable bonds is 10. The highest BCUT2D eigenvalue weighted by atomic mass is 16.8. The summed E-state index contributed by atoms with van der Waals surface area (Å²) in [6.45, 7) is 4.25. The van der Waals surface area contributed by atoms with Gasteiger partial charge < -0.3 is 19.1 Å². The fourth-order valence-corrected chi connectivity index (χ4v) is 3.79. The number of benzene rings is 2. The number of piperazine rings is 1. The average molecular weight is 469 g/mol. The van der Waals surface area contributed by atoms with Gasteiger partial charge in [0.15, 0.2) is 6.79 Å². The number of methoxy groups -OCH3 is 3. The minimum absolute atomic E-state index is 0.208. The maximum Gasteiger partial charge on any atom is 0.301 e. The SMILES string of the molecule is COCON1C(=O)/C(=C/c2ccc(OC)cc2)N(Cc2ccc(OC)cc2)C(CC(C)C)C1=O. The van der Waals surface area contributed by atoms with Crippen LogP contribution in [0.2, 0.25) is 0 Å². The third-order valence-corrected chi connectivity index (χ3v) is 5.50. The van der Waals surface area contributed by atoms with Crippen molar-refractivity contribution in [3.63, 3.8) is 0 Å². The Labute approximate surface area is 200 Å². The number of carbonyl (C=O) groups excluding carboxylic acids is 2. The summed E-state index contributed by atoms with van der Waals surface area (Å²) < 4.78 is 15.5. The van der Waals surface area contributed by atoms with Crippen molar-refractivity contribution in [3.8, 4) is 11.5 Å². The zero-order chi connectivity index (χ0) is 24.7. The molecule has 1 unspecified atom stereocenters. The first-order valence-corrected chi connectivity index (χ1v) is 11.1. The van der Waals surface area contributed by atoms with Crippen molar-refractivity contribution in [2.24, 2.45) is 5.92 Å². The van der Waals surface area contributed by atoms with Crippen LogP contribution in [0.3, 0.4) is 0 Å². The molecule has 1 aliphatic rings. The van der Waals surface area contributed by atoms with Gasteiger partial charge in [-0.3, -0.25) is 9.59 Å². The maximum atomic E-state index is 13.5. The summed E-state index contributed by atoms with van der Waals surface area (Å²) in [4.78, 5) is 34.1. The molecule has 2 aromatic carbocycles. The van der Waals surface area contributed by atoms with Gasteiger partial charge in [0, 0.05) is 13.7 Å². The topological polar surface area (TPSA) is 77.5 Å². The van der Waals surface area contributed by atoms with E-state index >= 15 is 0 Å². The molecule has 1 saturated heterocycles. The quantitative estimate of drug-likeness (QED) is 0.298. The van der Waals surface area contributed by atoms with Gasteiger partial charge in [-0.2, -0.15) is 0 Å². The number of hydroxylamine groups is 2. The Balaban J connectivity index is 2.06. The number of carbonyl (C=O) groups is 2. The second kappa shape index (κ2) is 11.7. The first kappa shape index (κ1) is 25.3. The van der Waals surface area contributed by atoms with Crippen LogP contribution in [-0.2, 0) is 25.7 Å². The molecule has 0 radical (unpaired) electrons. The average Bonchev–Trinajstić information content (AvgIpc) is 2.84. The smallest absolute Gasteiger partial charge is 0.301 e. The standard InChI is InChI=1S/C26H32N2O6/c1-18(2)14-23-25(29)28(34-17-31-3)26(30)24(15-19-6-10-21(32-4)11-7-19)27(23)16-20-8-12-22(33-5)13-9-20/h6-13,15,18,23H,14,16-17H2,1-5H3/b24-15-. The summed E-state index contributed by atoms with van der Waals surface area (Å²) in [6, 6.07) is 14.4. The third-order valence-electron chi connectivity index (χ3n) is 5.50. The normalized spacial score (nSPS) is 17.6. The van der Waals surface area contributed by atoms with Crippen LogP contribution in [0.4, 0.5) is 0 Å². The van der Waals surface area contributed by atoms with Crippen molar-refractivity contribution < 1.29 is 28.6 Å². The highest BCUT2D eigenvalue weighted by Crippen LogP contribution is 2.30. The largest absolute Gasteiger partial charge is 0.497 e. The molecule has 1 heterocycles. The molecular formula is C26H32N2O6. The predicted molar refractivity (Wildman–Crippen MR) is 128 cm³/mol. The van der Waals surface area contributed by atoms with Crippen LogP contribution in [0.15, 0.2) is 54.2 Å². The Morgan fingerprint density at radius 1 is 0.912 bits per heavy atom. The lowest BCUT2D eigenvalue weighted by Gasteiger charge is -2.41. The van der Waals surface area contributed by atoms with Crippen LogP contribution in [-0.4, -0.2) is 55.9 Å². The molecule has 8 nitrogen and oxygen atoms in total. The van der Waals surface area contributed by atoms with Gasteiger partial charge in [-0.25, -0.2) is 4.84 Å². The van der Waals surface area contributed by atoms with E-state index in [4.69, 9.17) is 19.0 Å². The van der Waals surface area contributed by atoms with E-state index in [1.807, 2.05) is 67.3 Å². The molecular weight excluding hydrogens is 436 g/mol. The van der Waals surface area contributed by atoms with Gasteiger partial charge in [0.05, 0.1) is 14.2 Å². The monoisotopic (exact) mass is 468 g/mol. The van der Waals surface area contributed by atoms with E-state index in [9.17, 15) is 9.59 Å². The van der Waals surface area contributed by atoms with Crippen molar-refractivity contribution in [1.82, 2.24) is 9.96 Å². The van der Waals surface area contributed by atoms with E-state index in [1.165, 1.54) is 7.11 Å². The Morgan fingerprint density at radius 3 is 2.03 bits per heavy atom. The number of imide groups is 1. The van der Waals surface area contributed by atoms with Gasteiger partial charge in [-0.15, -0.1) is 5.06 Å². The van der Waals surface area contributed by atoms with Crippen LogP contribution in [0, 0.1) is 5.92 Å². The molecule has 0 spiro atoms. The van der Waals surface area contributed by atoms with Crippen LogP contribution in [0.25, 0.3) is 6.08 Å². The van der Waals surface area contributed by atoms with E-state index in [2.05, 4.69) is 0 Å². The fraction of sp³-hybridized carbons (Fsp3) is 0.385. The molecule has 2 aromatic rings. The molecule has 0 saturated carbocycles. The van der Waals surface area contributed by atoms with Gasteiger partial charge in [-0.05, 0) is 53.8 Å². The Morgan fingerprint density at radius 2 is 1.50 bits per heavy atom. The Kier molecular flexibility index (Phi) is 8.67. The highest BCUT2D eigenvalue weighted by Gasteiger charge is 2.44. The molecule has 0 N–H and O–H groups in total. The van der Waals surface area contributed by atoms with Crippen LogP contribution in [0.1, 0.15) is 31.4 Å². The number of hydrogen-bond donors (Lipinski definition) is 0. The van der Waals surface area contributed by atoms with E-state index in [0.29, 0.717) is 24.4 Å². The lowest BCUT2D eigenvalue weighted by atomic mass is 9.97.